The van der Waals surface area contributed by atoms with Crippen molar-refractivity contribution < 1.29 is 9.18 Å². The zero-order chi connectivity index (χ0) is 18.4. The number of anilines is 2. The molecule has 0 unspecified atom stereocenters. The molecule has 0 spiro atoms. The number of aromatic nitrogens is 3. The largest absolute Gasteiger partial charge is 0.348 e. The molecule has 0 fully saturated rings. The monoisotopic (exact) mass is 359 g/mol. The number of imidazole rings is 1. The highest BCUT2D eigenvalue weighted by molar-refractivity contribution is 6.06. The van der Waals surface area contributed by atoms with Crippen molar-refractivity contribution in [2.24, 2.45) is 0 Å². The lowest BCUT2D eigenvalue weighted by molar-refractivity contribution is 0.0966. The average molecular weight is 359 g/mol. The number of fused-ring (bicyclic) bond motifs is 2. The molecule has 5 rings (SSSR count). The maximum Gasteiger partial charge on any atom is 0.254 e. The van der Waals surface area contributed by atoms with E-state index in [2.05, 4.69) is 20.6 Å². The van der Waals surface area contributed by atoms with E-state index in [1.807, 2.05) is 34.7 Å². The molecule has 2 N–H and O–H groups in total. The number of nitrogens with zero attached hydrogens (tertiary/aromatic N) is 3. The molecule has 1 aliphatic rings. The Morgan fingerprint density at radius 3 is 2.93 bits per heavy atom. The van der Waals surface area contributed by atoms with E-state index in [9.17, 15) is 9.18 Å². The van der Waals surface area contributed by atoms with Crippen LogP contribution < -0.4 is 10.6 Å². The summed E-state index contributed by atoms with van der Waals surface area (Å²) in [5.41, 5.74) is 4.38. The second-order valence-corrected chi connectivity index (χ2v) is 6.25. The van der Waals surface area contributed by atoms with E-state index in [1.54, 1.807) is 18.6 Å². The summed E-state index contributed by atoms with van der Waals surface area (Å²) in [6.07, 6.45) is 5.03. The fourth-order valence-corrected chi connectivity index (χ4v) is 3.42. The minimum absolute atomic E-state index is 0.134. The van der Waals surface area contributed by atoms with Crippen LogP contribution in [0.25, 0.3) is 16.9 Å². The number of rotatable bonds is 3. The van der Waals surface area contributed by atoms with Crippen molar-refractivity contribution >= 4 is 23.1 Å². The molecule has 0 aliphatic carbocycles. The Morgan fingerprint density at radius 1 is 1.15 bits per heavy atom. The van der Waals surface area contributed by atoms with Gasteiger partial charge in [-0.2, -0.15) is 0 Å². The molecule has 7 heteroatoms. The van der Waals surface area contributed by atoms with Crippen molar-refractivity contribution in [3.8, 4) is 11.3 Å². The molecule has 27 heavy (non-hydrogen) atoms. The number of pyridine rings is 2. The fraction of sp³-hybridized carbons (Fsp3) is 0.0500. The number of hydrogen-bond acceptors (Lipinski definition) is 4. The molecule has 0 saturated carbocycles. The number of amides is 1. The Balaban J connectivity index is 1.65. The van der Waals surface area contributed by atoms with Crippen LogP contribution >= 0.6 is 0 Å². The summed E-state index contributed by atoms with van der Waals surface area (Å²) >= 11 is 0. The molecule has 4 aromatic rings. The summed E-state index contributed by atoms with van der Waals surface area (Å²) in [6.45, 7) is 0.426. The molecule has 0 radical (unpaired) electrons. The molecule has 132 valence electrons. The van der Waals surface area contributed by atoms with Gasteiger partial charge < -0.3 is 10.6 Å². The minimum Gasteiger partial charge on any atom is -0.348 e. The zero-order valence-electron chi connectivity index (χ0n) is 14.1. The maximum absolute atomic E-state index is 13.5. The second-order valence-electron chi connectivity index (χ2n) is 6.25. The van der Waals surface area contributed by atoms with Gasteiger partial charge in [-0.3, -0.25) is 9.20 Å². The van der Waals surface area contributed by atoms with Gasteiger partial charge in [0.1, 0.15) is 17.3 Å². The van der Waals surface area contributed by atoms with Crippen molar-refractivity contribution in [1.29, 1.82) is 0 Å². The van der Waals surface area contributed by atoms with Crippen LogP contribution in [0.1, 0.15) is 15.9 Å². The van der Waals surface area contributed by atoms with Crippen LogP contribution in [0.15, 0.2) is 61.1 Å². The summed E-state index contributed by atoms with van der Waals surface area (Å²) in [7, 11) is 0. The van der Waals surface area contributed by atoms with E-state index >= 15 is 0 Å². The lowest BCUT2D eigenvalue weighted by atomic mass is 9.99. The van der Waals surface area contributed by atoms with E-state index < -0.39 is 0 Å². The Labute approximate surface area is 153 Å². The fourth-order valence-electron chi connectivity index (χ4n) is 3.42. The highest BCUT2D eigenvalue weighted by Gasteiger charge is 2.27. The summed E-state index contributed by atoms with van der Waals surface area (Å²) in [5, 5.41) is 6.09. The number of carbonyl (C=O) groups is 1. The molecule has 6 nitrogen and oxygen atoms in total. The van der Waals surface area contributed by atoms with Gasteiger partial charge in [0, 0.05) is 30.6 Å². The molecule has 0 saturated heterocycles. The standard InChI is InChI=1S/C20H14FN5O/c21-12-6-8-26-16(11-23-18(26)9-12)13-4-5-15(19-14(13)10-24-20(19)27)25-17-3-1-2-7-22-17/h1-9,11H,10H2,(H,22,25)(H,24,27). The average Bonchev–Trinajstić information content (AvgIpc) is 3.27. The van der Waals surface area contributed by atoms with Gasteiger partial charge in [0.2, 0.25) is 0 Å². The van der Waals surface area contributed by atoms with Crippen LogP contribution in [0, 0.1) is 5.82 Å². The van der Waals surface area contributed by atoms with Gasteiger partial charge in [0.05, 0.1) is 23.1 Å². The third kappa shape index (κ3) is 2.52. The van der Waals surface area contributed by atoms with Gasteiger partial charge in [-0.1, -0.05) is 12.1 Å². The highest BCUT2D eigenvalue weighted by Crippen LogP contribution is 2.35. The van der Waals surface area contributed by atoms with Gasteiger partial charge in [0.25, 0.3) is 5.91 Å². The molecule has 4 heterocycles. The summed E-state index contributed by atoms with van der Waals surface area (Å²) in [4.78, 5) is 21.0. The van der Waals surface area contributed by atoms with E-state index in [-0.39, 0.29) is 11.7 Å². The van der Waals surface area contributed by atoms with Crippen LogP contribution in [0.5, 0.6) is 0 Å². The highest BCUT2D eigenvalue weighted by atomic mass is 19.1. The summed E-state index contributed by atoms with van der Waals surface area (Å²) in [6, 6.07) is 12.1. The number of benzene rings is 1. The van der Waals surface area contributed by atoms with Crippen molar-refractivity contribution in [2.45, 2.75) is 6.54 Å². The van der Waals surface area contributed by atoms with Gasteiger partial charge in [0.15, 0.2) is 0 Å². The van der Waals surface area contributed by atoms with Crippen molar-refractivity contribution in [3.63, 3.8) is 0 Å². The minimum atomic E-state index is -0.336. The quantitative estimate of drug-likeness (QED) is 0.587. The van der Waals surface area contributed by atoms with Crippen molar-refractivity contribution in [3.05, 3.63) is 78.0 Å². The molecule has 1 aliphatic heterocycles. The zero-order valence-corrected chi connectivity index (χ0v) is 14.1. The van der Waals surface area contributed by atoms with Crippen LogP contribution in [0.2, 0.25) is 0 Å². The summed E-state index contributed by atoms with van der Waals surface area (Å²) in [5.74, 6) is 0.194. The van der Waals surface area contributed by atoms with Crippen LogP contribution in [-0.2, 0) is 6.54 Å². The first-order valence-electron chi connectivity index (χ1n) is 8.46. The Kier molecular flexibility index (Phi) is 3.39. The molecule has 1 amide bonds. The number of carbonyl (C=O) groups excluding carboxylic acids is 1. The van der Waals surface area contributed by atoms with Crippen molar-refractivity contribution in [2.75, 3.05) is 5.32 Å². The number of hydrogen-bond donors (Lipinski definition) is 2. The molecule has 3 aromatic heterocycles. The first kappa shape index (κ1) is 15.5. The lowest BCUT2D eigenvalue weighted by Crippen LogP contribution is -2.13. The normalized spacial score (nSPS) is 12.9. The van der Waals surface area contributed by atoms with Crippen LogP contribution in [0.4, 0.5) is 15.9 Å². The molecule has 1 aromatic carbocycles. The molecule has 0 bridgehead atoms. The van der Waals surface area contributed by atoms with Crippen LogP contribution in [0.3, 0.4) is 0 Å². The number of halogens is 1. The smallest absolute Gasteiger partial charge is 0.254 e. The van der Waals surface area contributed by atoms with Gasteiger partial charge >= 0.3 is 0 Å². The van der Waals surface area contributed by atoms with Crippen LogP contribution in [-0.4, -0.2) is 20.3 Å². The van der Waals surface area contributed by atoms with E-state index in [0.29, 0.717) is 29.3 Å². The third-order valence-electron chi connectivity index (χ3n) is 4.64. The first-order chi connectivity index (χ1) is 13.2. The Hall–Kier alpha value is -3.74. The van der Waals surface area contributed by atoms with Gasteiger partial charge in [-0.15, -0.1) is 0 Å². The Bertz CT molecular complexity index is 1190. The molecular formula is C20H14FN5O. The van der Waals surface area contributed by atoms with Crippen molar-refractivity contribution in [1.82, 2.24) is 19.7 Å². The SMILES string of the molecule is O=C1NCc2c(-c3cnc4cc(F)ccn34)ccc(Nc3ccccn3)c21. The third-order valence-corrected chi connectivity index (χ3v) is 4.64. The Morgan fingerprint density at radius 2 is 2.07 bits per heavy atom. The maximum atomic E-state index is 13.5. The van der Waals surface area contributed by atoms with E-state index in [4.69, 9.17) is 0 Å². The van der Waals surface area contributed by atoms with Gasteiger partial charge in [-0.05, 0) is 29.8 Å². The predicted octanol–water partition coefficient (Wildman–Crippen LogP) is 3.52. The molecular weight excluding hydrogens is 345 g/mol. The first-order valence-corrected chi connectivity index (χ1v) is 8.46. The number of nitrogens with one attached hydrogen (secondary N) is 2. The lowest BCUT2D eigenvalue weighted by Gasteiger charge is -2.13. The summed E-state index contributed by atoms with van der Waals surface area (Å²) < 4.78 is 15.3. The van der Waals surface area contributed by atoms with Gasteiger partial charge in [-0.25, -0.2) is 14.4 Å². The van der Waals surface area contributed by atoms with E-state index in [1.165, 1.54) is 12.1 Å². The predicted molar refractivity (Wildman–Crippen MR) is 99.3 cm³/mol. The topological polar surface area (TPSA) is 71.3 Å². The molecule has 0 atom stereocenters. The van der Waals surface area contributed by atoms with E-state index in [0.717, 1.165) is 16.8 Å². The second kappa shape index (κ2) is 5.91.